The molecule has 0 aliphatic heterocycles. The molecule has 0 bridgehead atoms. The standard InChI is InChI=1S/C27H34N2O6/c1-4-13-34-27(33)29(16-25(30)31)15-19(14-18(2)3)28-26(32)35-17-24-22-11-7-5-9-20(22)21-10-6-8-12-23(21)24/h4-12,18-19,24-25,30-31H,1,13-17H2,2-3H3,(H,28,32)/t19-/m0/s1. The maximum Gasteiger partial charge on any atom is 0.410 e. The predicted octanol–water partition coefficient (Wildman–Crippen LogP) is 3.88. The molecule has 1 aliphatic carbocycles. The van der Waals surface area contributed by atoms with Gasteiger partial charge in [-0.3, -0.25) is 0 Å². The Morgan fingerprint density at radius 3 is 2.17 bits per heavy atom. The van der Waals surface area contributed by atoms with Crippen LogP contribution in [0.3, 0.4) is 0 Å². The zero-order chi connectivity index (χ0) is 25.4. The van der Waals surface area contributed by atoms with Gasteiger partial charge in [-0.25, -0.2) is 9.59 Å². The van der Waals surface area contributed by atoms with Gasteiger partial charge in [0.2, 0.25) is 0 Å². The average Bonchev–Trinajstić information content (AvgIpc) is 3.13. The molecule has 0 heterocycles. The summed E-state index contributed by atoms with van der Waals surface area (Å²) in [6.07, 6.45) is -1.08. The molecule has 0 radical (unpaired) electrons. The van der Waals surface area contributed by atoms with E-state index >= 15 is 0 Å². The Labute approximate surface area is 206 Å². The molecule has 0 aromatic heterocycles. The molecule has 0 spiro atoms. The third-order valence-electron chi connectivity index (χ3n) is 5.83. The number of nitrogens with one attached hydrogen (secondary N) is 1. The summed E-state index contributed by atoms with van der Waals surface area (Å²) in [5.74, 6) is 0.144. The number of aliphatic hydroxyl groups excluding tert-OH is 1. The second-order valence-corrected chi connectivity index (χ2v) is 9.05. The maximum absolute atomic E-state index is 12.8. The molecule has 3 rings (SSSR count). The fourth-order valence-electron chi connectivity index (χ4n) is 4.46. The minimum absolute atomic E-state index is 0.00842. The Morgan fingerprint density at radius 1 is 1.03 bits per heavy atom. The SMILES string of the molecule is C=CCOC(=O)N(CC(O)O)C[C@H](CC(C)C)NC(=O)OCC1c2ccccc2-c2ccccc21. The van der Waals surface area contributed by atoms with Gasteiger partial charge < -0.3 is 29.9 Å². The van der Waals surface area contributed by atoms with Gasteiger partial charge in [-0.05, 0) is 34.6 Å². The van der Waals surface area contributed by atoms with Gasteiger partial charge >= 0.3 is 12.2 Å². The molecule has 2 amide bonds. The second kappa shape index (κ2) is 12.4. The quantitative estimate of drug-likeness (QED) is 0.331. The summed E-state index contributed by atoms with van der Waals surface area (Å²) in [5.41, 5.74) is 4.53. The monoisotopic (exact) mass is 482 g/mol. The third kappa shape index (κ3) is 7.07. The fraction of sp³-hybridized carbons (Fsp3) is 0.407. The molecule has 8 heteroatoms. The summed E-state index contributed by atoms with van der Waals surface area (Å²) in [6, 6.07) is 15.7. The number of amides is 2. The van der Waals surface area contributed by atoms with E-state index in [1.165, 1.54) is 6.08 Å². The van der Waals surface area contributed by atoms with E-state index in [1.54, 1.807) is 0 Å². The Balaban J connectivity index is 1.66. The summed E-state index contributed by atoms with van der Waals surface area (Å²) in [7, 11) is 0. The van der Waals surface area contributed by atoms with E-state index in [0.29, 0.717) is 6.42 Å². The van der Waals surface area contributed by atoms with Gasteiger partial charge in [0.15, 0.2) is 6.29 Å². The summed E-state index contributed by atoms with van der Waals surface area (Å²) < 4.78 is 10.7. The molecule has 188 valence electrons. The Kier molecular flexibility index (Phi) is 9.28. The van der Waals surface area contributed by atoms with Crippen LogP contribution < -0.4 is 5.32 Å². The minimum atomic E-state index is -1.74. The van der Waals surface area contributed by atoms with Crippen LogP contribution in [0.4, 0.5) is 9.59 Å². The van der Waals surface area contributed by atoms with E-state index in [9.17, 15) is 19.8 Å². The lowest BCUT2D eigenvalue weighted by Gasteiger charge is -2.29. The first kappa shape index (κ1) is 26.2. The average molecular weight is 483 g/mol. The van der Waals surface area contributed by atoms with Gasteiger partial charge in [0, 0.05) is 12.5 Å². The molecule has 8 nitrogen and oxygen atoms in total. The van der Waals surface area contributed by atoms with E-state index in [0.717, 1.165) is 27.2 Å². The van der Waals surface area contributed by atoms with Crippen molar-refractivity contribution < 1.29 is 29.3 Å². The Bertz CT molecular complexity index is 977. The van der Waals surface area contributed by atoms with Crippen LogP contribution in [0.15, 0.2) is 61.2 Å². The highest BCUT2D eigenvalue weighted by molar-refractivity contribution is 5.79. The lowest BCUT2D eigenvalue weighted by molar-refractivity contribution is -0.0600. The number of rotatable bonds is 11. The van der Waals surface area contributed by atoms with Crippen molar-refractivity contribution in [3.8, 4) is 11.1 Å². The highest BCUT2D eigenvalue weighted by Crippen LogP contribution is 2.44. The third-order valence-corrected chi connectivity index (χ3v) is 5.83. The van der Waals surface area contributed by atoms with Gasteiger partial charge in [0.25, 0.3) is 0 Å². The van der Waals surface area contributed by atoms with Gasteiger partial charge in [-0.1, -0.05) is 75.0 Å². The highest BCUT2D eigenvalue weighted by atomic mass is 16.6. The molecule has 0 saturated heterocycles. The number of aliphatic hydroxyl groups is 2. The van der Waals surface area contributed by atoms with E-state index in [4.69, 9.17) is 9.47 Å². The summed E-state index contributed by atoms with van der Waals surface area (Å²) in [4.78, 5) is 26.3. The van der Waals surface area contributed by atoms with Crippen LogP contribution in [0.5, 0.6) is 0 Å². The van der Waals surface area contributed by atoms with Crippen molar-refractivity contribution in [3.63, 3.8) is 0 Å². The number of alkyl carbamates (subject to hydrolysis) is 1. The summed E-state index contributed by atoms with van der Waals surface area (Å²) >= 11 is 0. The van der Waals surface area contributed by atoms with Crippen LogP contribution in [-0.2, 0) is 9.47 Å². The van der Waals surface area contributed by atoms with Crippen molar-refractivity contribution in [2.45, 2.75) is 38.5 Å². The molecule has 1 aliphatic rings. The molecular formula is C27H34N2O6. The molecule has 3 N–H and O–H groups in total. The van der Waals surface area contributed by atoms with Gasteiger partial charge in [0.1, 0.15) is 13.2 Å². The number of benzene rings is 2. The topological polar surface area (TPSA) is 108 Å². The van der Waals surface area contributed by atoms with Gasteiger partial charge in [-0.2, -0.15) is 0 Å². The van der Waals surface area contributed by atoms with Crippen molar-refractivity contribution >= 4 is 12.2 Å². The van der Waals surface area contributed by atoms with Crippen LogP contribution in [0.2, 0.25) is 0 Å². The van der Waals surface area contributed by atoms with Crippen LogP contribution in [0.25, 0.3) is 11.1 Å². The number of hydrogen-bond donors (Lipinski definition) is 3. The van der Waals surface area contributed by atoms with Gasteiger partial charge in [-0.15, -0.1) is 0 Å². The second-order valence-electron chi connectivity index (χ2n) is 9.05. The number of carbonyl (C=O) groups is 2. The van der Waals surface area contributed by atoms with E-state index in [2.05, 4.69) is 36.2 Å². The molecular weight excluding hydrogens is 448 g/mol. The van der Waals surface area contributed by atoms with E-state index in [1.807, 2.05) is 38.1 Å². The van der Waals surface area contributed by atoms with Crippen LogP contribution in [0.1, 0.15) is 37.3 Å². The highest BCUT2D eigenvalue weighted by Gasteiger charge is 2.30. The molecule has 0 unspecified atom stereocenters. The number of ether oxygens (including phenoxy) is 2. The maximum atomic E-state index is 12.8. The van der Waals surface area contributed by atoms with Gasteiger partial charge in [0.05, 0.1) is 12.6 Å². The van der Waals surface area contributed by atoms with Crippen molar-refractivity contribution in [1.29, 1.82) is 0 Å². The van der Waals surface area contributed by atoms with Crippen molar-refractivity contribution in [2.75, 3.05) is 26.3 Å². The number of hydrogen-bond acceptors (Lipinski definition) is 6. The van der Waals surface area contributed by atoms with E-state index < -0.39 is 24.5 Å². The minimum Gasteiger partial charge on any atom is -0.449 e. The predicted molar refractivity (Wildman–Crippen MR) is 133 cm³/mol. The fourth-order valence-corrected chi connectivity index (χ4v) is 4.46. The molecule has 0 fully saturated rings. The molecule has 1 atom stereocenters. The van der Waals surface area contributed by atoms with Crippen molar-refractivity contribution in [3.05, 3.63) is 72.3 Å². The number of nitrogens with zero attached hydrogens (tertiary/aromatic N) is 1. The summed E-state index contributed by atoms with van der Waals surface area (Å²) in [6.45, 7) is 7.35. The zero-order valence-electron chi connectivity index (χ0n) is 20.2. The van der Waals surface area contributed by atoms with Crippen LogP contribution in [0, 0.1) is 5.92 Å². The normalized spacial score (nSPS) is 13.2. The largest absolute Gasteiger partial charge is 0.449 e. The van der Waals surface area contributed by atoms with E-state index in [-0.39, 0.29) is 38.1 Å². The molecule has 2 aromatic carbocycles. The first-order valence-electron chi connectivity index (χ1n) is 11.8. The Morgan fingerprint density at radius 2 is 1.63 bits per heavy atom. The smallest absolute Gasteiger partial charge is 0.410 e. The van der Waals surface area contributed by atoms with Crippen molar-refractivity contribution in [2.24, 2.45) is 5.92 Å². The molecule has 35 heavy (non-hydrogen) atoms. The van der Waals surface area contributed by atoms with Crippen molar-refractivity contribution in [1.82, 2.24) is 10.2 Å². The lowest BCUT2D eigenvalue weighted by atomic mass is 9.98. The first-order valence-corrected chi connectivity index (χ1v) is 11.8. The van der Waals surface area contributed by atoms with Crippen LogP contribution >= 0.6 is 0 Å². The Hall–Kier alpha value is -3.36. The number of fused-ring (bicyclic) bond motifs is 3. The number of carbonyl (C=O) groups excluding carboxylic acids is 2. The van der Waals surface area contributed by atoms with Crippen LogP contribution in [-0.4, -0.2) is 65.9 Å². The summed E-state index contributed by atoms with van der Waals surface area (Å²) in [5, 5.41) is 21.7. The molecule has 2 aromatic rings. The molecule has 0 saturated carbocycles. The first-order chi connectivity index (χ1) is 16.8. The zero-order valence-corrected chi connectivity index (χ0v) is 20.2. The lowest BCUT2D eigenvalue weighted by Crippen LogP contribution is -2.49.